The Morgan fingerprint density at radius 2 is 1.57 bits per heavy atom. The first-order valence-electron chi connectivity index (χ1n) is 16.9. The third-order valence-corrected chi connectivity index (χ3v) is 8.26. The summed E-state index contributed by atoms with van der Waals surface area (Å²) in [5.41, 5.74) is 2.70. The molecular weight excluding hydrogens is 632 g/mol. The van der Waals surface area contributed by atoms with Gasteiger partial charge in [0.05, 0.1) is 36.7 Å². The molecule has 2 atom stereocenters. The van der Waals surface area contributed by atoms with Gasteiger partial charge in [0.25, 0.3) is 0 Å². The summed E-state index contributed by atoms with van der Waals surface area (Å²) >= 11 is 0. The van der Waals surface area contributed by atoms with E-state index in [1.807, 2.05) is 6.07 Å². The molecule has 2 N–H and O–H groups in total. The molecule has 1 saturated carbocycles. The van der Waals surface area contributed by atoms with Crippen molar-refractivity contribution in [2.45, 2.75) is 90.4 Å². The number of amides is 2. The van der Waals surface area contributed by atoms with Gasteiger partial charge in [-0.25, -0.2) is 23.2 Å². The van der Waals surface area contributed by atoms with Crippen LogP contribution in [-0.2, 0) is 20.9 Å². The largest absolute Gasteiger partial charge is 0.478 e. The van der Waals surface area contributed by atoms with Gasteiger partial charge in [0.15, 0.2) is 0 Å². The van der Waals surface area contributed by atoms with Gasteiger partial charge in [0.2, 0.25) is 6.08 Å². The molecule has 49 heavy (non-hydrogen) atoms. The highest BCUT2D eigenvalue weighted by Gasteiger charge is 2.24. The van der Waals surface area contributed by atoms with E-state index in [0.29, 0.717) is 42.2 Å². The van der Waals surface area contributed by atoms with Crippen LogP contribution in [0.15, 0.2) is 71.7 Å². The summed E-state index contributed by atoms with van der Waals surface area (Å²) in [5.74, 6) is -1.62. The van der Waals surface area contributed by atoms with Gasteiger partial charge >= 0.3 is 12.0 Å². The molecule has 4 rings (SSSR count). The number of rotatable bonds is 16. The van der Waals surface area contributed by atoms with Crippen molar-refractivity contribution in [2.24, 2.45) is 4.99 Å². The molecule has 0 saturated heterocycles. The Labute approximate surface area is 287 Å². The van der Waals surface area contributed by atoms with E-state index in [2.05, 4.69) is 17.2 Å². The van der Waals surface area contributed by atoms with Gasteiger partial charge in [-0.05, 0) is 98.7 Å². The fourth-order valence-electron chi connectivity index (χ4n) is 5.62. The third kappa shape index (κ3) is 14.3. The Hall–Kier alpha value is -4.44. The van der Waals surface area contributed by atoms with Crippen LogP contribution in [-0.4, -0.2) is 60.0 Å². The maximum atomic E-state index is 13.3. The molecule has 0 aromatic heterocycles. The highest BCUT2D eigenvalue weighted by molar-refractivity contribution is 5.91. The number of benzene rings is 3. The van der Waals surface area contributed by atoms with Crippen LogP contribution in [0.1, 0.15) is 86.2 Å². The number of ether oxygens (including phenoxy) is 2. The average molecular weight is 680 g/mol. The van der Waals surface area contributed by atoms with Crippen molar-refractivity contribution in [1.29, 1.82) is 0 Å². The van der Waals surface area contributed by atoms with E-state index < -0.39 is 5.97 Å². The minimum atomic E-state index is -0.935. The van der Waals surface area contributed by atoms with Crippen molar-refractivity contribution in [3.05, 3.63) is 95.1 Å². The number of carbonyl (C=O) groups is 2. The molecule has 11 heteroatoms. The summed E-state index contributed by atoms with van der Waals surface area (Å²) in [6.07, 6.45) is 10.5. The molecule has 9 nitrogen and oxygen atoms in total. The molecule has 0 bridgehead atoms. The lowest BCUT2D eigenvalue weighted by Crippen LogP contribution is -2.39. The molecule has 264 valence electrons. The van der Waals surface area contributed by atoms with Gasteiger partial charge in [-0.1, -0.05) is 50.8 Å². The summed E-state index contributed by atoms with van der Waals surface area (Å²) < 4.78 is 37.8. The number of hydrogen-bond acceptors (Lipinski definition) is 6. The van der Waals surface area contributed by atoms with Crippen LogP contribution >= 0.6 is 0 Å². The van der Waals surface area contributed by atoms with Crippen molar-refractivity contribution in [3.8, 4) is 0 Å². The van der Waals surface area contributed by atoms with Gasteiger partial charge in [0.1, 0.15) is 11.6 Å². The fourth-order valence-corrected chi connectivity index (χ4v) is 5.62. The Bertz CT molecular complexity index is 1500. The summed E-state index contributed by atoms with van der Waals surface area (Å²) in [6.45, 7) is 5.76. The van der Waals surface area contributed by atoms with Crippen LogP contribution in [0.3, 0.4) is 0 Å². The number of carboxylic acid groups (broad SMARTS) is 1. The number of aryl methyl sites for hydroxylation is 1. The summed E-state index contributed by atoms with van der Waals surface area (Å²) in [7, 11) is 0. The number of isocyanates is 1. The van der Waals surface area contributed by atoms with E-state index in [9.17, 15) is 28.3 Å². The van der Waals surface area contributed by atoms with Gasteiger partial charge < -0.3 is 24.8 Å². The maximum absolute atomic E-state index is 13.3. The van der Waals surface area contributed by atoms with Crippen LogP contribution in [0.4, 0.5) is 25.0 Å². The number of carboxylic acids is 1. The molecule has 0 unspecified atom stereocenters. The van der Waals surface area contributed by atoms with Gasteiger partial charge in [0, 0.05) is 18.8 Å². The Balaban J connectivity index is 0.000000555. The Morgan fingerprint density at radius 3 is 2.22 bits per heavy atom. The zero-order chi connectivity index (χ0) is 35.4. The van der Waals surface area contributed by atoms with E-state index in [1.165, 1.54) is 55.3 Å². The number of nitrogens with one attached hydrogen (secondary N) is 1. The second kappa shape index (κ2) is 21.5. The fraction of sp³-hybridized carbons (Fsp3) is 0.447. The standard InChI is InChI=1S/C31H43FN2O5.C7H4FNO/c1-3-4-5-6-7-18-34(31(37)33-26-16-14-25(32)15-17-26)19-20-38-27-12-9-13-28(21-27)39-22-24-11-8-10-23(2)29(24)30(35)36;8-6-1-3-7(4-2-6)9-5-10/h8,10-11,14-17,27-28H,3-7,9,12-13,18-22H2,1-2H3,(H,33,37)(H,35,36);1-4H/t27-,28+;/m1./s1. The maximum Gasteiger partial charge on any atom is 0.336 e. The Kier molecular flexibility index (Phi) is 17.1. The van der Waals surface area contributed by atoms with Crippen LogP contribution in [0, 0.1) is 18.6 Å². The van der Waals surface area contributed by atoms with E-state index in [1.54, 1.807) is 36.1 Å². The van der Waals surface area contributed by atoms with E-state index in [0.717, 1.165) is 50.5 Å². The molecule has 1 aliphatic carbocycles. The minimum absolute atomic E-state index is 0.00218. The molecule has 3 aromatic rings. The lowest BCUT2D eigenvalue weighted by Gasteiger charge is -2.30. The summed E-state index contributed by atoms with van der Waals surface area (Å²) in [6, 6.07) is 16.3. The predicted octanol–water partition coefficient (Wildman–Crippen LogP) is 8.97. The summed E-state index contributed by atoms with van der Waals surface area (Å²) in [4.78, 5) is 39.4. The van der Waals surface area contributed by atoms with Gasteiger partial charge in [-0.15, -0.1) is 0 Å². The van der Waals surface area contributed by atoms with Gasteiger partial charge in [-0.2, -0.15) is 4.99 Å². The minimum Gasteiger partial charge on any atom is -0.478 e. The van der Waals surface area contributed by atoms with Crippen molar-refractivity contribution in [3.63, 3.8) is 0 Å². The lowest BCUT2D eigenvalue weighted by atomic mass is 9.94. The first-order chi connectivity index (χ1) is 23.7. The molecule has 0 heterocycles. The molecule has 0 aliphatic heterocycles. The number of halogens is 2. The van der Waals surface area contributed by atoms with Gasteiger partial charge in [-0.3, -0.25) is 0 Å². The number of unbranched alkanes of at least 4 members (excludes halogenated alkanes) is 4. The zero-order valence-corrected chi connectivity index (χ0v) is 28.3. The number of hydrogen-bond donors (Lipinski definition) is 2. The molecule has 1 fully saturated rings. The second-order valence-corrected chi connectivity index (χ2v) is 12.0. The van der Waals surface area contributed by atoms with Crippen LogP contribution in [0.5, 0.6) is 0 Å². The lowest BCUT2D eigenvalue weighted by molar-refractivity contribution is -0.0523. The van der Waals surface area contributed by atoms with Crippen LogP contribution in [0.25, 0.3) is 0 Å². The molecule has 0 radical (unpaired) electrons. The highest BCUT2D eigenvalue weighted by Crippen LogP contribution is 2.26. The normalized spacial score (nSPS) is 15.3. The molecule has 1 aliphatic rings. The number of carbonyl (C=O) groups excluding carboxylic acids is 2. The molecular formula is C38H47F2N3O6. The molecule has 2 amide bonds. The van der Waals surface area contributed by atoms with Crippen molar-refractivity contribution in [2.75, 3.05) is 25.0 Å². The van der Waals surface area contributed by atoms with E-state index >= 15 is 0 Å². The number of aliphatic imine (C=N–C) groups is 1. The van der Waals surface area contributed by atoms with Crippen molar-refractivity contribution < 1.29 is 37.7 Å². The third-order valence-electron chi connectivity index (χ3n) is 8.26. The summed E-state index contributed by atoms with van der Waals surface area (Å²) in [5, 5.41) is 12.4. The second-order valence-electron chi connectivity index (χ2n) is 12.0. The van der Waals surface area contributed by atoms with Crippen LogP contribution < -0.4 is 5.32 Å². The number of urea groups is 1. The number of aromatic carboxylic acids is 1. The molecule has 3 aromatic carbocycles. The Morgan fingerprint density at radius 1 is 0.918 bits per heavy atom. The SMILES string of the molecule is CCCCCCCN(CCO[C@@H]1CCC[C@H](OCc2cccc(C)c2C(=O)O)C1)C(=O)Nc1ccc(F)cc1.O=C=Nc1ccc(F)cc1. The highest BCUT2D eigenvalue weighted by atomic mass is 19.1. The topological polar surface area (TPSA) is 118 Å². The first-order valence-corrected chi connectivity index (χ1v) is 16.9. The van der Waals surface area contributed by atoms with Crippen molar-refractivity contribution >= 4 is 29.5 Å². The number of nitrogens with zero attached hydrogens (tertiary/aromatic N) is 2. The quantitative estimate of drug-likeness (QED) is 0.0887. The first kappa shape index (κ1) is 39.0. The number of anilines is 1. The zero-order valence-electron chi connectivity index (χ0n) is 28.3. The average Bonchev–Trinajstić information content (AvgIpc) is 3.09. The van der Waals surface area contributed by atoms with E-state index in [-0.39, 0.29) is 36.5 Å². The van der Waals surface area contributed by atoms with E-state index in [4.69, 9.17) is 9.47 Å². The monoisotopic (exact) mass is 679 g/mol. The molecule has 0 spiro atoms. The van der Waals surface area contributed by atoms with Crippen LogP contribution in [0.2, 0.25) is 0 Å². The van der Waals surface area contributed by atoms with Crippen molar-refractivity contribution in [1.82, 2.24) is 4.90 Å². The predicted molar refractivity (Wildman–Crippen MR) is 185 cm³/mol. The smallest absolute Gasteiger partial charge is 0.336 e.